The number of rotatable bonds is 2. The standard InChI is InChI=1S/C15H21NO2/c17-13-5-10-16(11-6-13)12-14-4-9-15(18-14)7-2-1-3-8-15/h5-6,10-11,14H,1-4,7-9,12H2. The summed E-state index contributed by atoms with van der Waals surface area (Å²) < 4.78 is 8.39. The molecule has 3 heteroatoms. The zero-order valence-electron chi connectivity index (χ0n) is 10.8. The largest absolute Gasteiger partial charge is 0.370 e. The van der Waals surface area contributed by atoms with E-state index in [2.05, 4.69) is 4.57 Å². The van der Waals surface area contributed by atoms with E-state index in [1.807, 2.05) is 12.4 Å². The molecule has 0 amide bonds. The maximum absolute atomic E-state index is 11.1. The van der Waals surface area contributed by atoms with E-state index in [4.69, 9.17) is 4.74 Å². The van der Waals surface area contributed by atoms with E-state index < -0.39 is 0 Å². The quantitative estimate of drug-likeness (QED) is 0.804. The van der Waals surface area contributed by atoms with Gasteiger partial charge in [0.05, 0.1) is 11.7 Å². The summed E-state index contributed by atoms with van der Waals surface area (Å²) in [5, 5.41) is 0. The minimum absolute atomic E-state index is 0.0716. The van der Waals surface area contributed by atoms with Crippen LogP contribution in [-0.4, -0.2) is 16.3 Å². The van der Waals surface area contributed by atoms with Crippen molar-refractivity contribution < 1.29 is 4.74 Å². The molecule has 2 aliphatic rings. The van der Waals surface area contributed by atoms with Crippen LogP contribution in [0.5, 0.6) is 0 Å². The van der Waals surface area contributed by atoms with Gasteiger partial charge < -0.3 is 9.30 Å². The summed E-state index contributed by atoms with van der Waals surface area (Å²) in [7, 11) is 0. The van der Waals surface area contributed by atoms with E-state index >= 15 is 0 Å². The Morgan fingerprint density at radius 2 is 1.89 bits per heavy atom. The fraction of sp³-hybridized carbons (Fsp3) is 0.667. The Hall–Kier alpha value is -1.09. The average molecular weight is 247 g/mol. The SMILES string of the molecule is O=c1ccn(CC2CCC3(CCCCC3)O2)cc1. The predicted molar refractivity (Wildman–Crippen MR) is 70.6 cm³/mol. The van der Waals surface area contributed by atoms with Crippen molar-refractivity contribution in [1.82, 2.24) is 4.57 Å². The zero-order chi connectivity index (χ0) is 12.4. The summed E-state index contributed by atoms with van der Waals surface area (Å²) in [4.78, 5) is 11.1. The fourth-order valence-electron chi connectivity index (χ4n) is 3.39. The third-order valence-electron chi connectivity index (χ3n) is 4.38. The predicted octanol–water partition coefficient (Wildman–Crippen LogP) is 2.73. The molecule has 1 aromatic rings. The molecule has 3 nitrogen and oxygen atoms in total. The van der Waals surface area contributed by atoms with Crippen molar-refractivity contribution in [2.75, 3.05) is 0 Å². The monoisotopic (exact) mass is 247 g/mol. The highest BCUT2D eigenvalue weighted by Crippen LogP contribution is 2.42. The van der Waals surface area contributed by atoms with Gasteiger partial charge in [-0.15, -0.1) is 0 Å². The van der Waals surface area contributed by atoms with Crippen molar-refractivity contribution in [3.63, 3.8) is 0 Å². The molecule has 1 saturated heterocycles. The molecular weight excluding hydrogens is 226 g/mol. The van der Waals surface area contributed by atoms with Crippen LogP contribution in [0.2, 0.25) is 0 Å². The molecule has 0 N–H and O–H groups in total. The second kappa shape index (κ2) is 4.88. The molecule has 0 aromatic carbocycles. The van der Waals surface area contributed by atoms with Gasteiger partial charge in [-0.1, -0.05) is 19.3 Å². The maximum atomic E-state index is 11.1. The lowest BCUT2D eigenvalue weighted by Gasteiger charge is -2.33. The van der Waals surface area contributed by atoms with Crippen molar-refractivity contribution in [2.24, 2.45) is 0 Å². The first kappa shape index (κ1) is 12.0. The van der Waals surface area contributed by atoms with Gasteiger partial charge in [0.25, 0.3) is 0 Å². The molecule has 1 aliphatic carbocycles. The molecule has 1 spiro atoms. The van der Waals surface area contributed by atoms with Crippen LogP contribution >= 0.6 is 0 Å². The van der Waals surface area contributed by atoms with Gasteiger partial charge in [0.15, 0.2) is 5.43 Å². The van der Waals surface area contributed by atoms with Crippen LogP contribution in [0.1, 0.15) is 44.9 Å². The van der Waals surface area contributed by atoms with E-state index in [0.717, 1.165) is 13.0 Å². The molecule has 1 saturated carbocycles. The minimum Gasteiger partial charge on any atom is -0.370 e. The van der Waals surface area contributed by atoms with Gasteiger partial charge in [-0.25, -0.2) is 0 Å². The van der Waals surface area contributed by atoms with Crippen molar-refractivity contribution in [3.05, 3.63) is 34.7 Å². The topological polar surface area (TPSA) is 31.2 Å². The minimum atomic E-state index is 0.0716. The number of aromatic nitrogens is 1. The Labute approximate surface area is 108 Å². The molecule has 0 radical (unpaired) electrons. The fourth-order valence-corrected chi connectivity index (χ4v) is 3.39. The van der Waals surface area contributed by atoms with Gasteiger partial charge in [-0.2, -0.15) is 0 Å². The molecule has 18 heavy (non-hydrogen) atoms. The van der Waals surface area contributed by atoms with Gasteiger partial charge in [0.1, 0.15) is 0 Å². The highest BCUT2D eigenvalue weighted by atomic mass is 16.5. The molecule has 1 atom stereocenters. The number of pyridine rings is 1. The van der Waals surface area contributed by atoms with Gasteiger partial charge in [0, 0.05) is 31.1 Å². The van der Waals surface area contributed by atoms with Gasteiger partial charge >= 0.3 is 0 Å². The molecule has 1 aromatic heterocycles. The number of hydrogen-bond acceptors (Lipinski definition) is 2. The Morgan fingerprint density at radius 3 is 2.61 bits per heavy atom. The number of nitrogens with zero attached hydrogens (tertiary/aromatic N) is 1. The Morgan fingerprint density at radius 1 is 1.17 bits per heavy atom. The Bertz CT molecular complexity index is 439. The van der Waals surface area contributed by atoms with Crippen LogP contribution in [0.4, 0.5) is 0 Å². The molecule has 0 bridgehead atoms. The van der Waals surface area contributed by atoms with Crippen molar-refractivity contribution in [2.45, 2.75) is 63.2 Å². The molecular formula is C15H21NO2. The molecule has 2 fully saturated rings. The summed E-state index contributed by atoms with van der Waals surface area (Å²) >= 11 is 0. The molecule has 98 valence electrons. The highest BCUT2D eigenvalue weighted by Gasteiger charge is 2.40. The summed E-state index contributed by atoms with van der Waals surface area (Å²) in [6.07, 6.45) is 12.9. The molecule has 1 aliphatic heterocycles. The normalized spacial score (nSPS) is 26.6. The van der Waals surface area contributed by atoms with Crippen LogP contribution in [0.25, 0.3) is 0 Å². The van der Waals surface area contributed by atoms with Crippen LogP contribution in [0, 0.1) is 0 Å². The van der Waals surface area contributed by atoms with Crippen LogP contribution in [0.15, 0.2) is 29.3 Å². The summed E-state index contributed by atoms with van der Waals surface area (Å²) in [5.74, 6) is 0. The third kappa shape index (κ3) is 2.51. The third-order valence-corrected chi connectivity index (χ3v) is 4.38. The van der Waals surface area contributed by atoms with Gasteiger partial charge in [-0.3, -0.25) is 4.79 Å². The lowest BCUT2D eigenvalue weighted by atomic mass is 9.83. The van der Waals surface area contributed by atoms with Crippen LogP contribution in [0.3, 0.4) is 0 Å². The smallest absolute Gasteiger partial charge is 0.181 e. The van der Waals surface area contributed by atoms with Crippen LogP contribution in [-0.2, 0) is 11.3 Å². The van der Waals surface area contributed by atoms with Gasteiger partial charge in [0.2, 0.25) is 0 Å². The van der Waals surface area contributed by atoms with E-state index in [9.17, 15) is 4.79 Å². The van der Waals surface area contributed by atoms with Crippen molar-refractivity contribution in [3.8, 4) is 0 Å². The second-order valence-corrected chi connectivity index (χ2v) is 5.75. The first-order chi connectivity index (χ1) is 8.76. The molecule has 3 rings (SSSR count). The second-order valence-electron chi connectivity index (χ2n) is 5.75. The highest BCUT2D eigenvalue weighted by molar-refractivity contribution is 4.96. The molecule has 1 unspecified atom stereocenters. The summed E-state index contributed by atoms with van der Waals surface area (Å²) in [6.45, 7) is 0.877. The first-order valence-electron chi connectivity index (χ1n) is 7.10. The summed E-state index contributed by atoms with van der Waals surface area (Å²) in [6, 6.07) is 3.23. The van der Waals surface area contributed by atoms with Crippen molar-refractivity contribution >= 4 is 0 Å². The lowest BCUT2D eigenvalue weighted by molar-refractivity contribution is -0.0680. The van der Waals surface area contributed by atoms with E-state index in [1.54, 1.807) is 12.1 Å². The maximum Gasteiger partial charge on any atom is 0.181 e. The van der Waals surface area contributed by atoms with Crippen LogP contribution < -0.4 is 5.43 Å². The molecule has 2 heterocycles. The van der Waals surface area contributed by atoms with Gasteiger partial charge in [-0.05, 0) is 25.7 Å². The van der Waals surface area contributed by atoms with E-state index in [-0.39, 0.29) is 11.0 Å². The Balaban J connectivity index is 1.62. The average Bonchev–Trinajstić information content (AvgIpc) is 2.76. The van der Waals surface area contributed by atoms with E-state index in [1.165, 1.54) is 38.5 Å². The van der Waals surface area contributed by atoms with E-state index in [0.29, 0.717) is 6.10 Å². The Kier molecular flexibility index (Phi) is 3.25. The lowest BCUT2D eigenvalue weighted by Crippen LogP contribution is -2.32. The summed E-state index contributed by atoms with van der Waals surface area (Å²) in [5.41, 5.74) is 0.268. The zero-order valence-corrected chi connectivity index (χ0v) is 10.8. The first-order valence-corrected chi connectivity index (χ1v) is 7.10. The number of hydrogen-bond donors (Lipinski definition) is 0. The van der Waals surface area contributed by atoms with Crippen molar-refractivity contribution in [1.29, 1.82) is 0 Å². The number of ether oxygens (including phenoxy) is 1.